The summed E-state index contributed by atoms with van der Waals surface area (Å²) in [5, 5.41) is 3.14. The third-order valence-corrected chi connectivity index (χ3v) is 4.68. The van der Waals surface area contributed by atoms with E-state index in [0.29, 0.717) is 37.8 Å². The van der Waals surface area contributed by atoms with Crippen molar-refractivity contribution >= 4 is 11.9 Å². The lowest BCUT2D eigenvalue weighted by atomic mass is 9.98. The van der Waals surface area contributed by atoms with Crippen LogP contribution in [0.15, 0.2) is 18.2 Å². The Balaban J connectivity index is 1.59. The number of rotatable bonds is 6. The van der Waals surface area contributed by atoms with Crippen LogP contribution in [0.1, 0.15) is 28.9 Å². The molecule has 1 aliphatic heterocycles. The van der Waals surface area contributed by atoms with E-state index in [9.17, 15) is 4.79 Å². The van der Waals surface area contributed by atoms with E-state index in [1.54, 1.807) is 14.2 Å². The maximum absolute atomic E-state index is 12.6. The highest BCUT2D eigenvalue weighted by Gasteiger charge is 2.22. The number of benzene rings is 1. The van der Waals surface area contributed by atoms with Crippen molar-refractivity contribution in [3.05, 3.63) is 40.7 Å². The first-order chi connectivity index (χ1) is 13.0. The fourth-order valence-corrected chi connectivity index (χ4v) is 3.34. The fraction of sp³-hybridized carbons (Fsp3) is 0.450. The Bertz CT molecular complexity index is 818. The monoisotopic (exact) mass is 370 g/mol. The average Bonchev–Trinajstić information content (AvgIpc) is 2.65. The molecule has 0 aliphatic carbocycles. The number of nitrogens with zero attached hydrogens (tertiary/aromatic N) is 3. The number of ether oxygens (including phenoxy) is 2. The van der Waals surface area contributed by atoms with Crippen molar-refractivity contribution in [2.45, 2.75) is 33.2 Å². The van der Waals surface area contributed by atoms with E-state index in [1.165, 1.54) is 5.56 Å². The zero-order valence-corrected chi connectivity index (χ0v) is 16.3. The third-order valence-electron chi connectivity index (χ3n) is 4.68. The Kier molecular flexibility index (Phi) is 5.78. The molecule has 1 amide bonds. The smallest absolute Gasteiger partial charge is 0.224 e. The Hall–Kier alpha value is -2.83. The van der Waals surface area contributed by atoms with Gasteiger partial charge in [-0.25, -0.2) is 9.97 Å². The van der Waals surface area contributed by atoms with Gasteiger partial charge in [0.25, 0.3) is 0 Å². The molecule has 1 aromatic heterocycles. The van der Waals surface area contributed by atoms with Gasteiger partial charge in [0, 0.05) is 37.4 Å². The first-order valence-electron chi connectivity index (χ1n) is 9.08. The second kappa shape index (κ2) is 8.24. The number of hydrogen-bond donors (Lipinski definition) is 1. The lowest BCUT2D eigenvalue weighted by Crippen LogP contribution is -2.36. The molecule has 3 rings (SSSR count). The van der Waals surface area contributed by atoms with Crippen LogP contribution in [-0.4, -0.2) is 48.1 Å². The Labute approximate surface area is 159 Å². The highest BCUT2D eigenvalue weighted by atomic mass is 16.5. The van der Waals surface area contributed by atoms with E-state index in [2.05, 4.69) is 15.3 Å². The lowest BCUT2D eigenvalue weighted by molar-refractivity contribution is -0.131. The summed E-state index contributed by atoms with van der Waals surface area (Å²) in [5.74, 6) is 2.11. The summed E-state index contributed by atoms with van der Waals surface area (Å²) in [6.07, 6.45) is 1.22. The van der Waals surface area contributed by atoms with Gasteiger partial charge >= 0.3 is 0 Å². The van der Waals surface area contributed by atoms with Crippen molar-refractivity contribution in [1.82, 2.24) is 14.9 Å². The minimum absolute atomic E-state index is 0.118. The number of aryl methyl sites for hydroxylation is 2. The van der Waals surface area contributed by atoms with Crippen molar-refractivity contribution in [3.8, 4) is 11.5 Å². The van der Waals surface area contributed by atoms with Crippen LogP contribution in [0.5, 0.6) is 11.5 Å². The minimum Gasteiger partial charge on any atom is -0.493 e. The number of anilines is 1. The Morgan fingerprint density at radius 3 is 2.33 bits per heavy atom. The summed E-state index contributed by atoms with van der Waals surface area (Å²) in [6, 6.07) is 5.90. The molecule has 27 heavy (non-hydrogen) atoms. The molecule has 0 atom stereocenters. The summed E-state index contributed by atoms with van der Waals surface area (Å²) >= 11 is 0. The van der Waals surface area contributed by atoms with Gasteiger partial charge in [-0.05, 0) is 49.6 Å². The van der Waals surface area contributed by atoms with Crippen molar-refractivity contribution in [3.63, 3.8) is 0 Å². The lowest BCUT2D eigenvalue weighted by Gasteiger charge is -2.29. The van der Waals surface area contributed by atoms with Crippen LogP contribution in [0.4, 0.5) is 5.95 Å². The van der Waals surface area contributed by atoms with Crippen molar-refractivity contribution < 1.29 is 14.3 Å². The molecule has 1 aromatic carbocycles. The first kappa shape index (κ1) is 18.9. The van der Waals surface area contributed by atoms with Gasteiger partial charge in [-0.3, -0.25) is 4.79 Å². The summed E-state index contributed by atoms with van der Waals surface area (Å²) in [7, 11) is 3.26. The summed E-state index contributed by atoms with van der Waals surface area (Å²) in [6.45, 7) is 5.67. The summed E-state index contributed by atoms with van der Waals surface area (Å²) in [5.41, 5.74) is 4.14. The summed E-state index contributed by atoms with van der Waals surface area (Å²) < 4.78 is 10.7. The van der Waals surface area contributed by atoms with Crippen molar-refractivity contribution in [1.29, 1.82) is 0 Å². The molecule has 2 aromatic rings. The SMILES string of the molecule is COc1cc2c(cc1OC)CN(C(=O)CCNc1nc(C)cc(C)n1)CC2. The van der Waals surface area contributed by atoms with E-state index < -0.39 is 0 Å². The molecular weight excluding hydrogens is 344 g/mol. The maximum atomic E-state index is 12.6. The number of nitrogens with one attached hydrogen (secondary N) is 1. The van der Waals surface area contributed by atoms with E-state index >= 15 is 0 Å². The molecular formula is C20H26N4O3. The molecule has 7 nitrogen and oxygen atoms in total. The van der Waals surface area contributed by atoms with Crippen LogP contribution >= 0.6 is 0 Å². The molecule has 0 saturated heterocycles. The molecule has 2 heterocycles. The summed E-state index contributed by atoms with van der Waals surface area (Å²) in [4.78, 5) is 23.2. The predicted molar refractivity (Wildman–Crippen MR) is 103 cm³/mol. The predicted octanol–water partition coefficient (Wildman–Crippen LogP) is 2.50. The number of hydrogen-bond acceptors (Lipinski definition) is 6. The minimum atomic E-state index is 0.118. The highest BCUT2D eigenvalue weighted by molar-refractivity contribution is 5.77. The number of carbonyl (C=O) groups excluding carboxylic acids is 1. The number of aromatic nitrogens is 2. The van der Waals surface area contributed by atoms with Crippen LogP contribution in [-0.2, 0) is 17.8 Å². The van der Waals surface area contributed by atoms with Gasteiger partial charge in [-0.1, -0.05) is 0 Å². The van der Waals surface area contributed by atoms with Gasteiger partial charge < -0.3 is 19.7 Å². The molecule has 0 spiro atoms. The van der Waals surface area contributed by atoms with E-state index in [4.69, 9.17) is 9.47 Å². The zero-order chi connectivity index (χ0) is 19.4. The molecule has 7 heteroatoms. The maximum Gasteiger partial charge on any atom is 0.224 e. The molecule has 144 valence electrons. The topological polar surface area (TPSA) is 76.6 Å². The van der Waals surface area contributed by atoms with Gasteiger partial charge in [-0.2, -0.15) is 0 Å². The third kappa shape index (κ3) is 4.48. The molecule has 1 aliphatic rings. The molecule has 0 bridgehead atoms. The molecule has 0 radical (unpaired) electrons. The normalized spacial score (nSPS) is 13.1. The average molecular weight is 370 g/mol. The van der Waals surface area contributed by atoms with Crippen LogP contribution < -0.4 is 14.8 Å². The van der Waals surface area contributed by atoms with Crippen LogP contribution in [0, 0.1) is 13.8 Å². The van der Waals surface area contributed by atoms with E-state index in [0.717, 1.165) is 29.1 Å². The molecule has 0 saturated carbocycles. The van der Waals surface area contributed by atoms with E-state index in [1.807, 2.05) is 36.9 Å². The second-order valence-corrected chi connectivity index (χ2v) is 6.69. The van der Waals surface area contributed by atoms with Gasteiger partial charge in [-0.15, -0.1) is 0 Å². The molecule has 1 N–H and O–H groups in total. The van der Waals surface area contributed by atoms with Gasteiger partial charge in [0.05, 0.1) is 14.2 Å². The number of methoxy groups -OCH3 is 2. The van der Waals surface area contributed by atoms with Gasteiger partial charge in [0.2, 0.25) is 11.9 Å². The van der Waals surface area contributed by atoms with Gasteiger partial charge in [0.1, 0.15) is 0 Å². The highest BCUT2D eigenvalue weighted by Crippen LogP contribution is 2.33. The number of fused-ring (bicyclic) bond motifs is 1. The first-order valence-corrected chi connectivity index (χ1v) is 9.08. The standard InChI is InChI=1S/C20H26N4O3/c1-13-9-14(2)23-20(22-13)21-7-5-19(25)24-8-6-15-10-17(26-3)18(27-4)11-16(15)12-24/h9-11H,5-8,12H2,1-4H3,(H,21,22,23). The Morgan fingerprint density at radius 1 is 1.07 bits per heavy atom. The zero-order valence-electron chi connectivity index (χ0n) is 16.3. The van der Waals surface area contributed by atoms with E-state index in [-0.39, 0.29) is 5.91 Å². The largest absolute Gasteiger partial charge is 0.493 e. The van der Waals surface area contributed by atoms with Gasteiger partial charge in [0.15, 0.2) is 11.5 Å². The molecule has 0 unspecified atom stereocenters. The van der Waals surface area contributed by atoms with Crippen LogP contribution in [0.25, 0.3) is 0 Å². The number of carbonyl (C=O) groups is 1. The Morgan fingerprint density at radius 2 is 1.70 bits per heavy atom. The quantitative estimate of drug-likeness (QED) is 0.842. The van der Waals surface area contributed by atoms with Crippen LogP contribution in [0.3, 0.4) is 0 Å². The van der Waals surface area contributed by atoms with Crippen LogP contribution in [0.2, 0.25) is 0 Å². The second-order valence-electron chi connectivity index (χ2n) is 6.69. The van der Waals surface area contributed by atoms with Crippen molar-refractivity contribution in [2.24, 2.45) is 0 Å². The molecule has 0 fully saturated rings. The van der Waals surface area contributed by atoms with Crippen molar-refractivity contribution in [2.75, 3.05) is 32.6 Å². The number of amides is 1. The fourth-order valence-electron chi connectivity index (χ4n) is 3.34.